The Morgan fingerprint density at radius 2 is 2.14 bits per heavy atom. The minimum atomic E-state index is 0.551. The average Bonchev–Trinajstić information content (AvgIpc) is 2.56. The van der Waals surface area contributed by atoms with E-state index in [4.69, 9.17) is 0 Å². The number of hydrogen-bond acceptors (Lipinski definition) is 1. The summed E-state index contributed by atoms with van der Waals surface area (Å²) in [7, 11) is 0. The molecule has 1 atom stereocenters. The highest BCUT2D eigenvalue weighted by Crippen LogP contribution is 2.18. The Balaban J connectivity index is 2.69. The highest BCUT2D eigenvalue weighted by atomic mass is 15.3. The van der Waals surface area contributed by atoms with Crippen molar-refractivity contribution in [3.63, 3.8) is 0 Å². The van der Waals surface area contributed by atoms with Gasteiger partial charge in [0.25, 0.3) is 0 Å². The molecule has 1 heterocycles. The first kappa shape index (κ1) is 11.3. The Morgan fingerprint density at radius 1 is 1.43 bits per heavy atom. The van der Waals surface area contributed by atoms with Gasteiger partial charge in [-0.05, 0) is 32.3 Å². The molecular weight excluding hydrogens is 172 g/mol. The van der Waals surface area contributed by atoms with E-state index < -0.39 is 0 Å². The van der Waals surface area contributed by atoms with Gasteiger partial charge in [-0.25, -0.2) is 0 Å². The molecule has 0 amide bonds. The third-order valence-electron chi connectivity index (χ3n) is 2.92. The lowest BCUT2D eigenvalue weighted by atomic mass is 10.1. The van der Waals surface area contributed by atoms with E-state index in [0.717, 1.165) is 6.42 Å². The molecule has 0 aliphatic rings. The van der Waals surface area contributed by atoms with Gasteiger partial charge in [0, 0.05) is 11.7 Å². The maximum absolute atomic E-state index is 4.46. The van der Waals surface area contributed by atoms with Crippen molar-refractivity contribution in [2.45, 2.75) is 59.4 Å². The number of aryl methyl sites for hydroxylation is 1. The Kier molecular flexibility index (Phi) is 4.18. The molecule has 80 valence electrons. The molecule has 0 aliphatic heterocycles. The third-order valence-corrected chi connectivity index (χ3v) is 2.92. The summed E-state index contributed by atoms with van der Waals surface area (Å²) in [4.78, 5) is 0. The molecule has 2 heteroatoms. The van der Waals surface area contributed by atoms with Gasteiger partial charge < -0.3 is 0 Å². The summed E-state index contributed by atoms with van der Waals surface area (Å²) in [6.07, 6.45) is 6.90. The monoisotopic (exact) mass is 194 g/mol. The van der Waals surface area contributed by atoms with Gasteiger partial charge in [0.2, 0.25) is 0 Å². The van der Waals surface area contributed by atoms with E-state index in [1.165, 1.54) is 30.5 Å². The summed E-state index contributed by atoms with van der Waals surface area (Å²) >= 11 is 0. The summed E-state index contributed by atoms with van der Waals surface area (Å²) in [5, 5.41) is 4.46. The Morgan fingerprint density at radius 3 is 2.64 bits per heavy atom. The van der Waals surface area contributed by atoms with Gasteiger partial charge in [-0.15, -0.1) is 0 Å². The van der Waals surface area contributed by atoms with Crippen LogP contribution in [0.15, 0.2) is 6.20 Å². The lowest BCUT2D eigenvalue weighted by molar-refractivity contribution is 0.435. The Labute approximate surface area is 87.3 Å². The molecule has 14 heavy (non-hydrogen) atoms. The minimum absolute atomic E-state index is 0.551. The zero-order valence-corrected chi connectivity index (χ0v) is 9.88. The van der Waals surface area contributed by atoms with E-state index in [2.05, 4.69) is 37.5 Å². The summed E-state index contributed by atoms with van der Waals surface area (Å²) in [6.45, 7) is 8.86. The first-order valence-corrected chi connectivity index (χ1v) is 5.73. The van der Waals surface area contributed by atoms with Crippen LogP contribution in [-0.4, -0.2) is 9.78 Å². The molecule has 1 rings (SSSR count). The molecule has 0 spiro atoms. The fraction of sp³-hybridized carbons (Fsp3) is 0.750. The van der Waals surface area contributed by atoms with Crippen molar-refractivity contribution in [1.29, 1.82) is 0 Å². The van der Waals surface area contributed by atoms with Crippen molar-refractivity contribution in [2.24, 2.45) is 0 Å². The van der Waals surface area contributed by atoms with Crippen LogP contribution in [0.5, 0.6) is 0 Å². The highest BCUT2D eigenvalue weighted by Gasteiger charge is 2.10. The standard InChI is InChI=1S/C12H22N2/c1-5-7-8-10(3)14-11(4)12(6-2)9-13-14/h9-10H,5-8H2,1-4H3. The van der Waals surface area contributed by atoms with Gasteiger partial charge in [0.15, 0.2) is 0 Å². The fourth-order valence-electron chi connectivity index (χ4n) is 1.87. The van der Waals surface area contributed by atoms with E-state index in [-0.39, 0.29) is 0 Å². The summed E-state index contributed by atoms with van der Waals surface area (Å²) in [6, 6.07) is 0.551. The smallest absolute Gasteiger partial charge is 0.0524 e. The first-order chi connectivity index (χ1) is 6.70. The predicted octanol–water partition coefficient (Wildman–Crippen LogP) is 3.51. The van der Waals surface area contributed by atoms with Crippen LogP contribution in [0.25, 0.3) is 0 Å². The number of rotatable bonds is 5. The van der Waals surface area contributed by atoms with Crippen LogP contribution >= 0.6 is 0 Å². The largest absolute Gasteiger partial charge is 0.267 e. The molecule has 0 aromatic carbocycles. The number of aromatic nitrogens is 2. The van der Waals surface area contributed by atoms with Gasteiger partial charge in [-0.3, -0.25) is 4.68 Å². The van der Waals surface area contributed by atoms with Crippen LogP contribution in [0.3, 0.4) is 0 Å². The second-order valence-electron chi connectivity index (χ2n) is 4.04. The number of hydrogen-bond donors (Lipinski definition) is 0. The summed E-state index contributed by atoms with van der Waals surface area (Å²) in [5.74, 6) is 0. The molecular formula is C12H22N2. The maximum Gasteiger partial charge on any atom is 0.0524 e. The van der Waals surface area contributed by atoms with Gasteiger partial charge >= 0.3 is 0 Å². The molecule has 0 aliphatic carbocycles. The number of nitrogens with zero attached hydrogens (tertiary/aromatic N) is 2. The van der Waals surface area contributed by atoms with Gasteiger partial charge in [0.05, 0.1) is 6.20 Å². The SMILES string of the molecule is CCCCC(C)n1ncc(CC)c1C. The van der Waals surface area contributed by atoms with Gasteiger partial charge in [-0.1, -0.05) is 26.7 Å². The van der Waals surface area contributed by atoms with Crippen LogP contribution in [0.2, 0.25) is 0 Å². The molecule has 0 radical (unpaired) electrons. The van der Waals surface area contributed by atoms with Gasteiger partial charge in [-0.2, -0.15) is 5.10 Å². The third kappa shape index (κ3) is 2.37. The normalized spacial score (nSPS) is 13.1. The second-order valence-corrected chi connectivity index (χ2v) is 4.04. The zero-order chi connectivity index (χ0) is 10.6. The molecule has 2 nitrogen and oxygen atoms in total. The van der Waals surface area contributed by atoms with Crippen molar-refractivity contribution >= 4 is 0 Å². The first-order valence-electron chi connectivity index (χ1n) is 5.73. The topological polar surface area (TPSA) is 17.8 Å². The highest BCUT2D eigenvalue weighted by molar-refractivity contribution is 5.16. The molecule has 1 unspecified atom stereocenters. The van der Waals surface area contributed by atoms with Crippen molar-refractivity contribution in [1.82, 2.24) is 9.78 Å². The van der Waals surface area contributed by atoms with E-state index in [9.17, 15) is 0 Å². The van der Waals surface area contributed by atoms with Crippen molar-refractivity contribution in [3.8, 4) is 0 Å². The lowest BCUT2D eigenvalue weighted by Crippen LogP contribution is -2.08. The van der Waals surface area contributed by atoms with Crippen LogP contribution in [-0.2, 0) is 6.42 Å². The molecule has 0 fully saturated rings. The predicted molar refractivity (Wildman–Crippen MR) is 60.6 cm³/mol. The average molecular weight is 194 g/mol. The van der Waals surface area contributed by atoms with Crippen molar-refractivity contribution in [2.75, 3.05) is 0 Å². The fourth-order valence-corrected chi connectivity index (χ4v) is 1.87. The van der Waals surface area contributed by atoms with E-state index >= 15 is 0 Å². The van der Waals surface area contributed by atoms with Crippen molar-refractivity contribution < 1.29 is 0 Å². The molecule has 0 N–H and O–H groups in total. The van der Waals surface area contributed by atoms with Crippen LogP contribution in [0.1, 0.15) is 57.3 Å². The summed E-state index contributed by atoms with van der Waals surface area (Å²) < 4.78 is 2.18. The van der Waals surface area contributed by atoms with Crippen LogP contribution in [0.4, 0.5) is 0 Å². The Bertz CT molecular complexity index is 276. The quantitative estimate of drug-likeness (QED) is 0.701. The molecule has 0 saturated carbocycles. The van der Waals surface area contributed by atoms with Crippen molar-refractivity contribution in [3.05, 3.63) is 17.5 Å². The van der Waals surface area contributed by atoms with E-state index in [0.29, 0.717) is 6.04 Å². The van der Waals surface area contributed by atoms with E-state index in [1.807, 2.05) is 6.20 Å². The maximum atomic E-state index is 4.46. The molecule has 1 aromatic rings. The van der Waals surface area contributed by atoms with E-state index in [1.54, 1.807) is 0 Å². The minimum Gasteiger partial charge on any atom is -0.267 e. The van der Waals surface area contributed by atoms with Crippen LogP contribution < -0.4 is 0 Å². The molecule has 0 saturated heterocycles. The summed E-state index contributed by atoms with van der Waals surface area (Å²) in [5.41, 5.74) is 2.73. The lowest BCUT2D eigenvalue weighted by Gasteiger charge is -2.13. The Hall–Kier alpha value is -0.790. The molecule has 1 aromatic heterocycles. The van der Waals surface area contributed by atoms with Gasteiger partial charge in [0.1, 0.15) is 0 Å². The second kappa shape index (κ2) is 5.18. The molecule has 0 bridgehead atoms. The van der Waals surface area contributed by atoms with Crippen LogP contribution in [0, 0.1) is 6.92 Å². The zero-order valence-electron chi connectivity index (χ0n) is 9.88. The number of unbranched alkanes of at least 4 members (excludes halogenated alkanes) is 1.